The van der Waals surface area contributed by atoms with Gasteiger partial charge in [0, 0.05) is 16.6 Å². The van der Waals surface area contributed by atoms with Crippen LogP contribution in [0.4, 0.5) is 0 Å². The lowest BCUT2D eigenvalue weighted by atomic mass is 10.1. The lowest BCUT2D eigenvalue weighted by Crippen LogP contribution is -2.25. The first-order valence-corrected chi connectivity index (χ1v) is 5.66. The molecule has 0 bridgehead atoms. The van der Waals surface area contributed by atoms with Crippen molar-refractivity contribution in [3.63, 3.8) is 0 Å². The number of rotatable bonds is 4. The van der Waals surface area contributed by atoms with Crippen molar-refractivity contribution < 1.29 is 14.7 Å². The van der Waals surface area contributed by atoms with Gasteiger partial charge in [-0.25, -0.2) is 4.79 Å². The number of hydrogen-bond acceptors (Lipinski definition) is 2. The number of benzene rings is 1. The number of nitrogens with one attached hydrogen (secondary N) is 1. The Hall–Kier alpha value is -1.62. The van der Waals surface area contributed by atoms with Gasteiger partial charge in [0.1, 0.15) is 0 Å². The Morgan fingerprint density at radius 1 is 1.47 bits per heavy atom. The highest BCUT2D eigenvalue weighted by Crippen LogP contribution is 2.18. The molecule has 0 spiro atoms. The van der Waals surface area contributed by atoms with Crippen LogP contribution in [0, 0.1) is 0 Å². The summed E-state index contributed by atoms with van der Waals surface area (Å²) in [7, 11) is 0. The van der Waals surface area contributed by atoms with Gasteiger partial charge >= 0.3 is 5.97 Å². The van der Waals surface area contributed by atoms with E-state index in [4.69, 9.17) is 5.11 Å². The molecule has 1 aromatic carbocycles. The molecule has 0 saturated heterocycles. The van der Waals surface area contributed by atoms with E-state index in [-0.39, 0.29) is 11.5 Å². The number of carboxylic acids is 1. The summed E-state index contributed by atoms with van der Waals surface area (Å²) in [6, 6.07) is 4.43. The van der Waals surface area contributed by atoms with Crippen molar-refractivity contribution in [1.29, 1.82) is 0 Å². The van der Waals surface area contributed by atoms with Gasteiger partial charge in [-0.3, -0.25) is 4.79 Å². The lowest BCUT2D eigenvalue weighted by molar-refractivity contribution is 0.0696. The van der Waals surface area contributed by atoms with Crippen LogP contribution in [-0.4, -0.2) is 23.5 Å². The number of carbonyl (C=O) groups is 2. The monoisotopic (exact) mass is 297 g/mol. The van der Waals surface area contributed by atoms with Gasteiger partial charge in [-0.2, -0.15) is 0 Å². The Kier molecular flexibility index (Phi) is 4.45. The molecule has 90 valence electrons. The molecule has 0 aromatic heterocycles. The Labute approximate surface area is 107 Å². The molecule has 0 aliphatic carbocycles. The molecule has 1 aromatic rings. The Morgan fingerprint density at radius 2 is 2.12 bits per heavy atom. The van der Waals surface area contributed by atoms with Crippen LogP contribution in [0.1, 0.15) is 27.6 Å². The molecule has 1 rings (SSSR count). The SMILES string of the molecule is C=C(C)CNC(=O)c1ccc(Br)c(C(=O)O)c1. The van der Waals surface area contributed by atoms with E-state index in [1.807, 2.05) is 0 Å². The summed E-state index contributed by atoms with van der Waals surface area (Å²) in [5.74, 6) is -1.39. The molecule has 0 heterocycles. The number of carbonyl (C=O) groups excluding carboxylic acids is 1. The van der Waals surface area contributed by atoms with E-state index in [1.165, 1.54) is 6.07 Å². The number of aromatic carboxylic acids is 1. The fourth-order valence-corrected chi connectivity index (χ4v) is 1.58. The van der Waals surface area contributed by atoms with Crippen LogP contribution in [0.5, 0.6) is 0 Å². The van der Waals surface area contributed by atoms with Gasteiger partial charge in [-0.05, 0) is 41.1 Å². The van der Waals surface area contributed by atoms with Gasteiger partial charge in [-0.1, -0.05) is 12.2 Å². The molecule has 0 atom stereocenters. The van der Waals surface area contributed by atoms with Crippen molar-refractivity contribution in [3.8, 4) is 0 Å². The predicted octanol–water partition coefficient (Wildman–Crippen LogP) is 2.45. The third-order valence-electron chi connectivity index (χ3n) is 2.01. The fraction of sp³-hybridized carbons (Fsp3) is 0.167. The zero-order valence-corrected chi connectivity index (χ0v) is 10.9. The van der Waals surface area contributed by atoms with Crippen molar-refractivity contribution in [2.45, 2.75) is 6.92 Å². The second kappa shape index (κ2) is 5.63. The average Bonchev–Trinajstić information content (AvgIpc) is 2.26. The fourth-order valence-electron chi connectivity index (χ4n) is 1.16. The molecule has 5 heteroatoms. The number of hydrogen-bond donors (Lipinski definition) is 2. The Bertz CT molecular complexity index is 483. The lowest BCUT2D eigenvalue weighted by Gasteiger charge is -2.06. The standard InChI is InChI=1S/C12H12BrNO3/c1-7(2)6-14-11(15)8-3-4-10(13)9(5-8)12(16)17/h3-5H,1,6H2,2H3,(H,14,15)(H,16,17). The molecule has 0 aliphatic heterocycles. The summed E-state index contributed by atoms with van der Waals surface area (Å²) in [6.07, 6.45) is 0. The van der Waals surface area contributed by atoms with Crippen LogP contribution in [0.2, 0.25) is 0 Å². The highest BCUT2D eigenvalue weighted by molar-refractivity contribution is 9.10. The van der Waals surface area contributed by atoms with E-state index >= 15 is 0 Å². The summed E-state index contributed by atoms with van der Waals surface area (Å²) < 4.78 is 0.446. The normalized spacial score (nSPS) is 9.76. The van der Waals surface area contributed by atoms with Crippen molar-refractivity contribution >= 4 is 27.8 Å². The highest BCUT2D eigenvalue weighted by atomic mass is 79.9. The van der Waals surface area contributed by atoms with Crippen LogP contribution in [-0.2, 0) is 0 Å². The third kappa shape index (κ3) is 3.71. The summed E-state index contributed by atoms with van der Waals surface area (Å²) in [6.45, 7) is 5.83. The second-order valence-corrected chi connectivity index (χ2v) is 4.49. The van der Waals surface area contributed by atoms with E-state index < -0.39 is 5.97 Å². The van der Waals surface area contributed by atoms with E-state index in [9.17, 15) is 9.59 Å². The first-order chi connectivity index (χ1) is 7.91. The topological polar surface area (TPSA) is 66.4 Å². The largest absolute Gasteiger partial charge is 0.478 e. The van der Waals surface area contributed by atoms with Crippen LogP contribution in [0.15, 0.2) is 34.8 Å². The van der Waals surface area contributed by atoms with Gasteiger partial charge in [0.05, 0.1) is 5.56 Å². The summed E-state index contributed by atoms with van der Waals surface area (Å²) in [4.78, 5) is 22.6. The molecule has 0 saturated carbocycles. The molecule has 1 amide bonds. The van der Waals surface area contributed by atoms with Crippen molar-refractivity contribution in [1.82, 2.24) is 5.32 Å². The van der Waals surface area contributed by atoms with Crippen molar-refractivity contribution in [3.05, 3.63) is 46.0 Å². The maximum Gasteiger partial charge on any atom is 0.336 e. The smallest absolute Gasteiger partial charge is 0.336 e. The van der Waals surface area contributed by atoms with E-state index in [0.29, 0.717) is 16.6 Å². The quantitative estimate of drug-likeness (QED) is 0.839. The first-order valence-electron chi connectivity index (χ1n) is 4.87. The van der Waals surface area contributed by atoms with Gasteiger partial charge in [0.2, 0.25) is 0 Å². The highest BCUT2D eigenvalue weighted by Gasteiger charge is 2.12. The third-order valence-corrected chi connectivity index (χ3v) is 2.70. The number of amides is 1. The minimum Gasteiger partial charge on any atom is -0.478 e. The maximum absolute atomic E-state index is 11.7. The van der Waals surface area contributed by atoms with Crippen LogP contribution < -0.4 is 5.32 Å². The van der Waals surface area contributed by atoms with Gasteiger partial charge in [0.15, 0.2) is 0 Å². The summed E-state index contributed by atoms with van der Waals surface area (Å²) >= 11 is 3.12. The zero-order chi connectivity index (χ0) is 13.0. The predicted molar refractivity (Wildman–Crippen MR) is 68.2 cm³/mol. The van der Waals surface area contributed by atoms with Crippen LogP contribution in [0.25, 0.3) is 0 Å². The van der Waals surface area contributed by atoms with Gasteiger partial charge in [0.25, 0.3) is 5.91 Å². The van der Waals surface area contributed by atoms with Gasteiger partial charge in [-0.15, -0.1) is 0 Å². The number of carboxylic acid groups (broad SMARTS) is 1. The van der Waals surface area contributed by atoms with Crippen molar-refractivity contribution in [2.75, 3.05) is 6.54 Å². The molecule has 0 radical (unpaired) electrons. The van der Waals surface area contributed by atoms with E-state index in [1.54, 1.807) is 19.1 Å². The molecular formula is C12H12BrNO3. The van der Waals surface area contributed by atoms with Crippen LogP contribution in [0.3, 0.4) is 0 Å². The zero-order valence-electron chi connectivity index (χ0n) is 9.29. The first kappa shape index (κ1) is 13.4. The van der Waals surface area contributed by atoms with Crippen LogP contribution >= 0.6 is 15.9 Å². The molecule has 0 fully saturated rings. The van der Waals surface area contributed by atoms with Gasteiger partial charge < -0.3 is 10.4 Å². The molecule has 4 nitrogen and oxygen atoms in total. The minimum atomic E-state index is -1.08. The minimum absolute atomic E-state index is 0.0629. The molecule has 0 aliphatic rings. The molecule has 17 heavy (non-hydrogen) atoms. The Balaban J connectivity index is 2.92. The van der Waals surface area contributed by atoms with Crippen molar-refractivity contribution in [2.24, 2.45) is 0 Å². The maximum atomic E-state index is 11.7. The average molecular weight is 298 g/mol. The summed E-state index contributed by atoms with van der Waals surface area (Å²) in [5, 5.41) is 11.6. The van der Waals surface area contributed by atoms with E-state index in [0.717, 1.165) is 5.57 Å². The number of halogens is 1. The molecule has 2 N–H and O–H groups in total. The summed E-state index contributed by atoms with van der Waals surface area (Å²) in [5.41, 5.74) is 1.20. The Morgan fingerprint density at radius 3 is 2.65 bits per heavy atom. The van der Waals surface area contributed by atoms with E-state index in [2.05, 4.69) is 27.8 Å². The second-order valence-electron chi connectivity index (χ2n) is 3.64. The molecular weight excluding hydrogens is 286 g/mol. The molecule has 0 unspecified atom stereocenters.